The van der Waals surface area contributed by atoms with Crippen molar-refractivity contribution in [1.29, 1.82) is 0 Å². The van der Waals surface area contributed by atoms with Crippen molar-refractivity contribution >= 4 is 22.4 Å². The quantitative estimate of drug-likeness (QED) is 0.798. The van der Waals surface area contributed by atoms with Gasteiger partial charge in [-0.15, -0.1) is 0 Å². The van der Waals surface area contributed by atoms with E-state index in [1.807, 2.05) is 0 Å². The Balaban J connectivity index is 2.58. The number of aromatic carboxylic acids is 1. The average molecular weight is 272 g/mol. The molecule has 102 valence electrons. The lowest BCUT2D eigenvalue weighted by Crippen LogP contribution is -2.24. The van der Waals surface area contributed by atoms with Crippen molar-refractivity contribution < 1.29 is 14.6 Å². The number of carbonyl (C=O) groups is 1. The summed E-state index contributed by atoms with van der Waals surface area (Å²) in [5.74, 6) is -0.920. The summed E-state index contributed by atoms with van der Waals surface area (Å²) in [5, 5.41) is 12.8. The van der Waals surface area contributed by atoms with E-state index in [4.69, 9.17) is 9.84 Å². The van der Waals surface area contributed by atoms with Gasteiger partial charge in [0, 0.05) is 20.3 Å². The summed E-state index contributed by atoms with van der Waals surface area (Å²) in [5.41, 5.74) is 0.642. The number of anilines is 1. The number of hydrogen-bond acceptors (Lipinski definition) is 5. The third-order valence-electron chi connectivity index (χ3n) is 2.69. The number of carboxylic acids is 1. The van der Waals surface area contributed by atoms with Crippen molar-refractivity contribution in [2.24, 2.45) is 5.41 Å². The first-order valence-corrected chi connectivity index (χ1v) is 6.61. The lowest BCUT2D eigenvalue weighted by molar-refractivity contribution is 0.0701. The lowest BCUT2D eigenvalue weighted by Gasteiger charge is -2.24. The Morgan fingerprint density at radius 3 is 2.72 bits per heavy atom. The highest BCUT2D eigenvalue weighted by Gasteiger charge is 2.19. The fourth-order valence-corrected chi connectivity index (χ4v) is 2.25. The maximum absolute atomic E-state index is 10.9. The Kier molecular flexibility index (Phi) is 5.10. The van der Waals surface area contributed by atoms with Crippen molar-refractivity contribution in [3.8, 4) is 0 Å². The van der Waals surface area contributed by atoms with Crippen LogP contribution in [0.4, 0.5) is 5.13 Å². The maximum Gasteiger partial charge on any atom is 0.347 e. The van der Waals surface area contributed by atoms with Gasteiger partial charge in [0.2, 0.25) is 0 Å². The molecule has 0 aliphatic rings. The first kappa shape index (κ1) is 14.9. The Bertz CT molecular complexity index is 415. The smallest absolute Gasteiger partial charge is 0.347 e. The van der Waals surface area contributed by atoms with Crippen LogP contribution in [0, 0.1) is 12.3 Å². The summed E-state index contributed by atoms with van der Waals surface area (Å²) in [4.78, 5) is 15.4. The SMILES string of the molecule is COCCC(C)(C)CNc1nc(C)c(C(=O)O)s1. The van der Waals surface area contributed by atoms with Crippen molar-refractivity contribution in [2.75, 3.05) is 25.6 Å². The van der Waals surface area contributed by atoms with E-state index in [2.05, 4.69) is 24.1 Å². The van der Waals surface area contributed by atoms with Crippen LogP contribution in [0.3, 0.4) is 0 Å². The van der Waals surface area contributed by atoms with Crippen LogP contribution in [0.2, 0.25) is 0 Å². The number of hydrogen-bond donors (Lipinski definition) is 2. The molecule has 0 saturated heterocycles. The third kappa shape index (κ3) is 4.27. The number of aromatic nitrogens is 1. The minimum atomic E-state index is -0.920. The number of thiazole rings is 1. The molecule has 2 N–H and O–H groups in total. The van der Waals surface area contributed by atoms with Crippen LogP contribution in [0.15, 0.2) is 0 Å². The molecule has 0 fully saturated rings. The second kappa shape index (κ2) is 6.15. The van der Waals surface area contributed by atoms with Crippen LogP contribution in [0.25, 0.3) is 0 Å². The number of methoxy groups -OCH3 is 1. The topological polar surface area (TPSA) is 71.5 Å². The summed E-state index contributed by atoms with van der Waals surface area (Å²) < 4.78 is 5.07. The van der Waals surface area contributed by atoms with Crippen molar-refractivity contribution in [3.63, 3.8) is 0 Å². The molecule has 0 aromatic carbocycles. The van der Waals surface area contributed by atoms with E-state index >= 15 is 0 Å². The van der Waals surface area contributed by atoms with Crippen LogP contribution in [-0.2, 0) is 4.74 Å². The molecular weight excluding hydrogens is 252 g/mol. The predicted molar refractivity (Wildman–Crippen MR) is 72.6 cm³/mol. The van der Waals surface area contributed by atoms with Gasteiger partial charge in [-0.2, -0.15) is 0 Å². The first-order valence-electron chi connectivity index (χ1n) is 5.79. The Morgan fingerprint density at radius 1 is 1.56 bits per heavy atom. The van der Waals surface area contributed by atoms with Crippen LogP contribution < -0.4 is 5.32 Å². The maximum atomic E-state index is 10.9. The van der Waals surface area contributed by atoms with Gasteiger partial charge in [0.05, 0.1) is 5.69 Å². The monoisotopic (exact) mass is 272 g/mol. The van der Waals surface area contributed by atoms with Crippen LogP contribution >= 0.6 is 11.3 Å². The number of nitrogens with one attached hydrogen (secondary N) is 1. The summed E-state index contributed by atoms with van der Waals surface area (Å²) in [7, 11) is 1.69. The molecule has 1 heterocycles. The van der Waals surface area contributed by atoms with Gasteiger partial charge < -0.3 is 15.2 Å². The molecule has 5 nitrogen and oxygen atoms in total. The molecule has 18 heavy (non-hydrogen) atoms. The van der Waals surface area contributed by atoms with Gasteiger partial charge in [-0.05, 0) is 18.8 Å². The molecule has 1 rings (SSSR count). The van der Waals surface area contributed by atoms with Crippen molar-refractivity contribution in [3.05, 3.63) is 10.6 Å². The van der Waals surface area contributed by atoms with Crippen LogP contribution in [0.1, 0.15) is 35.6 Å². The average Bonchev–Trinajstić information content (AvgIpc) is 2.66. The van der Waals surface area contributed by atoms with Gasteiger partial charge in [0.25, 0.3) is 0 Å². The highest BCUT2D eigenvalue weighted by molar-refractivity contribution is 7.17. The Morgan fingerprint density at radius 2 is 2.22 bits per heavy atom. The van der Waals surface area contributed by atoms with E-state index in [-0.39, 0.29) is 5.41 Å². The molecular formula is C12H20N2O3S. The zero-order chi connectivity index (χ0) is 13.8. The molecule has 0 radical (unpaired) electrons. The molecule has 0 spiro atoms. The normalized spacial score (nSPS) is 11.6. The first-order chi connectivity index (χ1) is 8.35. The number of ether oxygens (including phenoxy) is 1. The van der Waals surface area contributed by atoms with E-state index < -0.39 is 5.97 Å². The highest BCUT2D eigenvalue weighted by Crippen LogP contribution is 2.25. The third-order valence-corrected chi connectivity index (χ3v) is 3.80. The van der Waals surface area contributed by atoms with Gasteiger partial charge in [-0.3, -0.25) is 0 Å². The Labute approximate surface area is 111 Å². The molecule has 0 atom stereocenters. The van der Waals surface area contributed by atoms with E-state index in [1.54, 1.807) is 14.0 Å². The van der Waals surface area contributed by atoms with Gasteiger partial charge >= 0.3 is 5.97 Å². The van der Waals surface area contributed by atoms with E-state index in [1.165, 1.54) is 11.3 Å². The van der Waals surface area contributed by atoms with Crippen molar-refractivity contribution in [1.82, 2.24) is 4.98 Å². The summed E-state index contributed by atoms with van der Waals surface area (Å²) in [6.45, 7) is 7.44. The fraction of sp³-hybridized carbons (Fsp3) is 0.667. The highest BCUT2D eigenvalue weighted by atomic mass is 32.1. The minimum absolute atomic E-state index is 0.0823. The van der Waals surface area contributed by atoms with Gasteiger partial charge in [0.15, 0.2) is 5.13 Å². The van der Waals surface area contributed by atoms with Crippen LogP contribution in [-0.4, -0.2) is 36.3 Å². The minimum Gasteiger partial charge on any atom is -0.477 e. The van der Waals surface area contributed by atoms with Gasteiger partial charge in [-0.25, -0.2) is 9.78 Å². The molecule has 0 saturated carbocycles. The summed E-state index contributed by atoms with van der Waals surface area (Å²) >= 11 is 1.18. The largest absolute Gasteiger partial charge is 0.477 e. The number of nitrogens with zero attached hydrogens (tertiary/aromatic N) is 1. The Hall–Kier alpha value is -1.14. The second-order valence-corrected chi connectivity index (χ2v) is 6.00. The zero-order valence-electron chi connectivity index (χ0n) is 11.2. The fourth-order valence-electron chi connectivity index (χ4n) is 1.45. The molecule has 0 bridgehead atoms. The molecule has 0 amide bonds. The van der Waals surface area contributed by atoms with Gasteiger partial charge in [-0.1, -0.05) is 25.2 Å². The molecule has 0 aliphatic carbocycles. The van der Waals surface area contributed by atoms with Crippen molar-refractivity contribution in [2.45, 2.75) is 27.2 Å². The van der Waals surface area contributed by atoms with E-state index in [0.29, 0.717) is 22.3 Å². The number of rotatable bonds is 7. The molecule has 6 heteroatoms. The molecule has 1 aromatic heterocycles. The summed E-state index contributed by atoms with van der Waals surface area (Å²) in [6.07, 6.45) is 0.937. The standard InChI is InChI=1S/C12H20N2O3S/c1-8-9(10(15)16)18-11(14-8)13-7-12(2,3)5-6-17-4/h5-7H2,1-4H3,(H,13,14)(H,15,16). The van der Waals surface area contributed by atoms with Crippen LogP contribution in [0.5, 0.6) is 0 Å². The van der Waals surface area contributed by atoms with E-state index in [9.17, 15) is 4.79 Å². The molecule has 0 unspecified atom stereocenters. The summed E-state index contributed by atoms with van der Waals surface area (Å²) in [6, 6.07) is 0. The lowest BCUT2D eigenvalue weighted by atomic mass is 9.90. The zero-order valence-corrected chi connectivity index (χ0v) is 12.1. The number of carboxylic acid groups (broad SMARTS) is 1. The predicted octanol–water partition coefficient (Wildman–Crippen LogP) is 2.62. The van der Waals surface area contributed by atoms with Gasteiger partial charge in [0.1, 0.15) is 4.88 Å². The molecule has 0 aliphatic heterocycles. The van der Waals surface area contributed by atoms with E-state index in [0.717, 1.165) is 13.0 Å². The number of aryl methyl sites for hydroxylation is 1. The molecule has 1 aromatic rings. The second-order valence-electron chi connectivity index (χ2n) is 5.00.